The molecule has 1 heteroatoms. The van der Waals surface area contributed by atoms with Crippen LogP contribution >= 0.6 is 0 Å². The van der Waals surface area contributed by atoms with Crippen LogP contribution in [0.4, 0.5) is 0 Å². The van der Waals surface area contributed by atoms with Crippen LogP contribution in [0.1, 0.15) is 12.8 Å². The van der Waals surface area contributed by atoms with Crippen LogP contribution in [0, 0.1) is 0 Å². The van der Waals surface area contributed by atoms with Gasteiger partial charge in [0.25, 0.3) is 0 Å². The average Bonchev–Trinajstić information content (AvgIpc) is 2.73. The third kappa shape index (κ3) is 2.23. The lowest BCUT2D eigenvalue weighted by molar-refractivity contribution is 0.982. The Kier molecular flexibility index (Phi) is 2.83. The monoisotopic (exact) mass is 216 g/mol. The molecule has 2 aliphatic rings. The van der Waals surface area contributed by atoms with E-state index in [1.54, 1.807) is 11.1 Å². The smallest absolute Gasteiger partial charge is 0.0565 e. The summed E-state index contributed by atoms with van der Waals surface area (Å²) in [7, 11) is -1.13. The highest BCUT2D eigenvalue weighted by atomic mass is 28.3. The van der Waals surface area contributed by atoms with Crippen molar-refractivity contribution in [2.45, 2.75) is 38.0 Å². The van der Waals surface area contributed by atoms with Gasteiger partial charge in [-0.1, -0.05) is 67.2 Å². The predicted molar refractivity (Wildman–Crippen MR) is 70.8 cm³/mol. The van der Waals surface area contributed by atoms with Crippen LogP contribution in [0.3, 0.4) is 0 Å². The van der Waals surface area contributed by atoms with Crippen LogP contribution in [-0.2, 0) is 0 Å². The molecular formula is C14H20Si. The second-order valence-electron chi connectivity index (χ2n) is 5.55. The minimum Gasteiger partial charge on any atom is -0.0805 e. The summed E-state index contributed by atoms with van der Waals surface area (Å²) < 4.78 is 0. The first-order chi connectivity index (χ1) is 7.09. The molecule has 0 N–H and O–H groups in total. The third-order valence-electron chi connectivity index (χ3n) is 3.21. The van der Waals surface area contributed by atoms with E-state index in [4.69, 9.17) is 0 Å². The van der Waals surface area contributed by atoms with Gasteiger partial charge in [0.1, 0.15) is 0 Å². The Morgan fingerprint density at radius 2 is 1.40 bits per heavy atom. The normalized spacial score (nSPS) is 20.0. The van der Waals surface area contributed by atoms with Crippen molar-refractivity contribution in [1.82, 2.24) is 0 Å². The Labute approximate surface area is 94.1 Å². The lowest BCUT2D eigenvalue weighted by Crippen LogP contribution is -2.30. The van der Waals surface area contributed by atoms with E-state index in [1.807, 2.05) is 0 Å². The minimum absolute atomic E-state index is 0.752. The SMILES string of the molecule is C[Si](C)(C)C(C1=CC=CC1)C1=CC=CC1. The lowest BCUT2D eigenvalue weighted by Gasteiger charge is -2.32. The third-order valence-corrected chi connectivity index (χ3v) is 5.68. The van der Waals surface area contributed by atoms with Gasteiger partial charge in [-0.05, 0) is 18.4 Å². The van der Waals surface area contributed by atoms with Gasteiger partial charge in [0.05, 0.1) is 8.07 Å². The molecular weight excluding hydrogens is 196 g/mol. The van der Waals surface area contributed by atoms with Gasteiger partial charge in [0.15, 0.2) is 0 Å². The summed E-state index contributed by atoms with van der Waals surface area (Å²) in [4.78, 5) is 0. The van der Waals surface area contributed by atoms with Gasteiger partial charge in [-0.3, -0.25) is 0 Å². The maximum atomic E-state index is 2.48. The van der Waals surface area contributed by atoms with E-state index in [0.29, 0.717) is 0 Å². The molecule has 0 amide bonds. The molecule has 0 radical (unpaired) electrons. The molecule has 0 atom stereocenters. The molecule has 0 bridgehead atoms. The minimum atomic E-state index is -1.13. The largest absolute Gasteiger partial charge is 0.0805 e. The zero-order valence-electron chi connectivity index (χ0n) is 9.96. The molecule has 80 valence electrons. The van der Waals surface area contributed by atoms with Gasteiger partial charge in [0, 0.05) is 0 Å². The molecule has 2 aliphatic carbocycles. The Balaban J connectivity index is 2.25. The van der Waals surface area contributed by atoms with Crippen LogP contribution in [0.15, 0.2) is 47.6 Å². The molecule has 0 spiro atoms. The van der Waals surface area contributed by atoms with Crippen molar-refractivity contribution in [3.63, 3.8) is 0 Å². The van der Waals surface area contributed by atoms with E-state index in [-0.39, 0.29) is 0 Å². The second kappa shape index (κ2) is 3.97. The van der Waals surface area contributed by atoms with Gasteiger partial charge < -0.3 is 0 Å². The van der Waals surface area contributed by atoms with Crippen molar-refractivity contribution in [2.75, 3.05) is 0 Å². The Morgan fingerprint density at radius 3 is 1.67 bits per heavy atom. The topological polar surface area (TPSA) is 0 Å². The van der Waals surface area contributed by atoms with Crippen molar-refractivity contribution >= 4 is 8.07 Å². The fraction of sp³-hybridized carbons (Fsp3) is 0.429. The molecule has 0 aromatic rings. The zero-order chi connectivity index (χ0) is 10.9. The summed E-state index contributed by atoms with van der Waals surface area (Å²) in [5, 5.41) is 0. The average molecular weight is 216 g/mol. The van der Waals surface area contributed by atoms with Crippen LogP contribution in [0.2, 0.25) is 25.2 Å². The highest BCUT2D eigenvalue weighted by Crippen LogP contribution is 2.42. The fourth-order valence-electron chi connectivity index (χ4n) is 2.71. The van der Waals surface area contributed by atoms with Crippen molar-refractivity contribution in [2.24, 2.45) is 0 Å². The lowest BCUT2D eigenvalue weighted by atomic mass is 10.0. The number of hydrogen-bond donors (Lipinski definition) is 0. The van der Waals surface area contributed by atoms with E-state index in [0.717, 1.165) is 5.54 Å². The molecule has 0 nitrogen and oxygen atoms in total. The number of allylic oxidation sites excluding steroid dienone is 8. The first-order valence-electron chi connectivity index (χ1n) is 5.80. The van der Waals surface area contributed by atoms with Crippen molar-refractivity contribution in [3.05, 3.63) is 47.6 Å². The standard InChI is InChI=1S/C14H20Si/c1-15(2,3)14(12-8-4-5-9-12)13-10-6-7-11-13/h4-8,10,14H,9,11H2,1-3H3. The summed E-state index contributed by atoms with van der Waals surface area (Å²) in [6.45, 7) is 7.45. The maximum absolute atomic E-state index is 2.48. The van der Waals surface area contributed by atoms with Crippen LogP contribution < -0.4 is 0 Å². The molecule has 0 saturated heterocycles. The van der Waals surface area contributed by atoms with Crippen molar-refractivity contribution in [1.29, 1.82) is 0 Å². The highest BCUT2D eigenvalue weighted by molar-refractivity contribution is 6.78. The van der Waals surface area contributed by atoms with Crippen LogP contribution in [0.25, 0.3) is 0 Å². The van der Waals surface area contributed by atoms with Crippen LogP contribution in [0.5, 0.6) is 0 Å². The Hall–Kier alpha value is -0.823. The molecule has 0 heterocycles. The quantitative estimate of drug-likeness (QED) is 0.611. The summed E-state index contributed by atoms with van der Waals surface area (Å²) in [6.07, 6.45) is 16.0. The molecule has 2 rings (SSSR count). The first-order valence-corrected chi connectivity index (χ1v) is 9.38. The van der Waals surface area contributed by atoms with E-state index in [9.17, 15) is 0 Å². The number of hydrogen-bond acceptors (Lipinski definition) is 0. The molecule has 0 saturated carbocycles. The van der Waals surface area contributed by atoms with Gasteiger partial charge in [0.2, 0.25) is 0 Å². The van der Waals surface area contributed by atoms with Gasteiger partial charge in [-0.15, -0.1) is 0 Å². The summed E-state index contributed by atoms with van der Waals surface area (Å²) in [5.41, 5.74) is 4.04. The van der Waals surface area contributed by atoms with Gasteiger partial charge in [-0.25, -0.2) is 0 Å². The maximum Gasteiger partial charge on any atom is 0.0565 e. The van der Waals surface area contributed by atoms with E-state index < -0.39 is 8.07 Å². The summed E-state index contributed by atoms with van der Waals surface area (Å²) >= 11 is 0. The Bertz CT molecular complexity index is 331. The van der Waals surface area contributed by atoms with Crippen molar-refractivity contribution < 1.29 is 0 Å². The van der Waals surface area contributed by atoms with Crippen molar-refractivity contribution in [3.8, 4) is 0 Å². The molecule has 0 aromatic heterocycles. The molecule has 0 aliphatic heterocycles. The molecule has 0 aromatic carbocycles. The van der Waals surface area contributed by atoms with Gasteiger partial charge >= 0.3 is 0 Å². The second-order valence-corrected chi connectivity index (χ2v) is 10.9. The fourth-order valence-corrected chi connectivity index (χ4v) is 5.36. The zero-order valence-corrected chi connectivity index (χ0v) is 11.0. The Morgan fingerprint density at radius 1 is 0.933 bits per heavy atom. The number of rotatable bonds is 3. The highest BCUT2D eigenvalue weighted by Gasteiger charge is 2.32. The van der Waals surface area contributed by atoms with E-state index in [2.05, 4.69) is 56.1 Å². The van der Waals surface area contributed by atoms with E-state index >= 15 is 0 Å². The molecule has 0 unspecified atom stereocenters. The first kappa shape index (κ1) is 10.7. The molecule has 15 heavy (non-hydrogen) atoms. The van der Waals surface area contributed by atoms with E-state index in [1.165, 1.54) is 12.8 Å². The molecule has 0 fully saturated rings. The summed E-state index contributed by atoms with van der Waals surface area (Å²) in [6, 6.07) is 0. The summed E-state index contributed by atoms with van der Waals surface area (Å²) in [5.74, 6) is 0. The van der Waals surface area contributed by atoms with Crippen LogP contribution in [-0.4, -0.2) is 8.07 Å². The van der Waals surface area contributed by atoms with Gasteiger partial charge in [-0.2, -0.15) is 0 Å². The predicted octanol–water partition coefficient (Wildman–Crippen LogP) is 4.47.